The Kier molecular flexibility index (Phi) is 7.80. The van der Waals surface area contributed by atoms with E-state index in [0.29, 0.717) is 26.3 Å². The minimum atomic E-state index is -0.220. The zero-order chi connectivity index (χ0) is 21.3. The number of hydrogen-bond acceptors (Lipinski definition) is 5. The molecule has 0 bridgehead atoms. The molecule has 5 heteroatoms. The van der Waals surface area contributed by atoms with E-state index in [1.165, 1.54) is 0 Å². The third-order valence-corrected chi connectivity index (χ3v) is 5.22. The van der Waals surface area contributed by atoms with Crippen LogP contribution in [0.5, 0.6) is 0 Å². The van der Waals surface area contributed by atoms with Gasteiger partial charge < -0.3 is 9.57 Å². The summed E-state index contributed by atoms with van der Waals surface area (Å²) in [5, 5.41) is 4.54. The summed E-state index contributed by atoms with van der Waals surface area (Å²) in [6.45, 7) is 9.04. The summed E-state index contributed by atoms with van der Waals surface area (Å²) < 4.78 is 5.12. The minimum Gasteiger partial charge on any atom is -0.463 e. The van der Waals surface area contributed by atoms with Crippen LogP contribution < -0.4 is 0 Å². The Morgan fingerprint density at radius 2 is 1.67 bits per heavy atom. The first-order valence-electron chi connectivity index (χ1n) is 10.5. The van der Waals surface area contributed by atoms with Crippen LogP contribution in [-0.4, -0.2) is 49.4 Å². The second-order valence-electron chi connectivity index (χ2n) is 7.42. The van der Waals surface area contributed by atoms with Crippen molar-refractivity contribution in [2.45, 2.75) is 27.2 Å². The number of aryl methyl sites for hydroxylation is 2. The monoisotopic (exact) mass is 406 g/mol. The molecule has 0 amide bonds. The average molecular weight is 407 g/mol. The maximum atomic E-state index is 12.0. The SMILES string of the molecule is CCOC(=O)C1=CCCN(CCON=C(c2ccccc2C)c2ccccc2C)C1. The van der Waals surface area contributed by atoms with Crippen LogP contribution in [0, 0.1) is 13.8 Å². The molecule has 2 aromatic rings. The molecule has 0 spiro atoms. The van der Waals surface area contributed by atoms with Gasteiger partial charge in [-0.25, -0.2) is 4.79 Å². The van der Waals surface area contributed by atoms with E-state index in [4.69, 9.17) is 9.57 Å². The average Bonchev–Trinajstić information content (AvgIpc) is 2.76. The van der Waals surface area contributed by atoms with Gasteiger partial charge >= 0.3 is 5.97 Å². The van der Waals surface area contributed by atoms with E-state index in [1.54, 1.807) is 0 Å². The Morgan fingerprint density at radius 1 is 1.03 bits per heavy atom. The molecule has 1 heterocycles. The van der Waals surface area contributed by atoms with Crippen molar-refractivity contribution in [1.82, 2.24) is 4.90 Å². The largest absolute Gasteiger partial charge is 0.463 e. The molecule has 0 N–H and O–H groups in total. The van der Waals surface area contributed by atoms with Gasteiger partial charge in [0.15, 0.2) is 0 Å². The lowest BCUT2D eigenvalue weighted by Gasteiger charge is -2.25. The lowest BCUT2D eigenvalue weighted by molar-refractivity contribution is -0.139. The first-order chi connectivity index (χ1) is 14.6. The predicted octanol–water partition coefficient (Wildman–Crippen LogP) is 4.27. The number of hydrogen-bond donors (Lipinski definition) is 0. The number of rotatable bonds is 8. The third kappa shape index (κ3) is 5.57. The molecule has 0 aliphatic carbocycles. The van der Waals surface area contributed by atoms with Gasteiger partial charge in [0.25, 0.3) is 0 Å². The lowest BCUT2D eigenvalue weighted by atomic mass is 9.95. The third-order valence-electron chi connectivity index (χ3n) is 5.22. The van der Waals surface area contributed by atoms with Crippen LogP contribution in [0.2, 0.25) is 0 Å². The number of oxime groups is 1. The maximum Gasteiger partial charge on any atom is 0.334 e. The molecule has 0 atom stereocenters. The van der Waals surface area contributed by atoms with Crippen molar-refractivity contribution in [1.29, 1.82) is 0 Å². The van der Waals surface area contributed by atoms with E-state index in [2.05, 4.69) is 48.2 Å². The molecule has 0 saturated heterocycles. The Balaban J connectivity index is 1.67. The smallest absolute Gasteiger partial charge is 0.334 e. The van der Waals surface area contributed by atoms with Gasteiger partial charge in [-0.15, -0.1) is 0 Å². The maximum absolute atomic E-state index is 12.0. The number of nitrogens with zero attached hydrogens (tertiary/aromatic N) is 2. The van der Waals surface area contributed by atoms with E-state index in [9.17, 15) is 4.79 Å². The molecule has 0 fully saturated rings. The summed E-state index contributed by atoms with van der Waals surface area (Å²) in [4.78, 5) is 19.9. The van der Waals surface area contributed by atoms with Crippen LogP contribution in [0.3, 0.4) is 0 Å². The number of carbonyl (C=O) groups excluding carboxylic acids is 1. The van der Waals surface area contributed by atoms with E-state index in [1.807, 2.05) is 37.3 Å². The van der Waals surface area contributed by atoms with Crippen molar-refractivity contribution in [2.75, 3.05) is 32.8 Å². The Bertz CT molecular complexity index is 886. The highest BCUT2D eigenvalue weighted by Crippen LogP contribution is 2.18. The summed E-state index contributed by atoms with van der Waals surface area (Å²) in [5.41, 5.74) is 6.02. The highest BCUT2D eigenvalue weighted by molar-refractivity contribution is 6.14. The van der Waals surface area contributed by atoms with Gasteiger partial charge in [-0.05, 0) is 38.3 Å². The molecule has 2 aromatic carbocycles. The molecule has 0 aromatic heterocycles. The lowest BCUT2D eigenvalue weighted by Crippen LogP contribution is -2.35. The van der Waals surface area contributed by atoms with Gasteiger partial charge in [0.05, 0.1) is 6.61 Å². The quantitative estimate of drug-likeness (QED) is 0.284. The predicted molar refractivity (Wildman–Crippen MR) is 120 cm³/mol. The fraction of sp³-hybridized carbons (Fsp3) is 0.360. The van der Waals surface area contributed by atoms with Gasteiger partial charge in [-0.3, -0.25) is 4.90 Å². The Hall–Kier alpha value is -2.92. The molecule has 0 unspecified atom stereocenters. The zero-order valence-corrected chi connectivity index (χ0v) is 18.1. The number of carbonyl (C=O) groups is 1. The number of benzene rings is 2. The van der Waals surface area contributed by atoms with Crippen LogP contribution in [-0.2, 0) is 14.4 Å². The molecular formula is C25H30N2O3. The number of ether oxygens (including phenoxy) is 1. The van der Waals surface area contributed by atoms with E-state index in [-0.39, 0.29) is 5.97 Å². The minimum absolute atomic E-state index is 0.220. The highest BCUT2D eigenvalue weighted by Gasteiger charge is 2.19. The fourth-order valence-electron chi connectivity index (χ4n) is 3.57. The summed E-state index contributed by atoms with van der Waals surface area (Å²) in [7, 11) is 0. The van der Waals surface area contributed by atoms with Crippen molar-refractivity contribution in [3.63, 3.8) is 0 Å². The van der Waals surface area contributed by atoms with Gasteiger partial charge in [0.1, 0.15) is 12.3 Å². The fourth-order valence-corrected chi connectivity index (χ4v) is 3.57. The van der Waals surface area contributed by atoms with Crippen LogP contribution in [0.1, 0.15) is 35.6 Å². The normalized spacial score (nSPS) is 14.0. The summed E-state index contributed by atoms with van der Waals surface area (Å²) in [6.07, 6.45) is 2.82. The topological polar surface area (TPSA) is 51.1 Å². The summed E-state index contributed by atoms with van der Waals surface area (Å²) >= 11 is 0. The Morgan fingerprint density at radius 3 is 2.27 bits per heavy atom. The van der Waals surface area contributed by atoms with Crippen LogP contribution in [0.4, 0.5) is 0 Å². The van der Waals surface area contributed by atoms with Crippen LogP contribution in [0.15, 0.2) is 65.3 Å². The standard InChI is InChI=1S/C25H30N2O3/c1-4-29-25(28)21-12-9-15-27(18-21)16-17-30-26-24(22-13-7-5-10-19(22)2)23-14-8-6-11-20(23)3/h5-8,10-14H,4,9,15-18H2,1-3H3. The highest BCUT2D eigenvalue weighted by atomic mass is 16.6. The van der Waals surface area contributed by atoms with Gasteiger partial charge in [0, 0.05) is 36.3 Å². The van der Waals surface area contributed by atoms with E-state index < -0.39 is 0 Å². The second kappa shape index (κ2) is 10.7. The molecule has 158 valence electrons. The van der Waals surface area contributed by atoms with E-state index >= 15 is 0 Å². The molecule has 0 saturated carbocycles. The molecule has 5 nitrogen and oxygen atoms in total. The van der Waals surface area contributed by atoms with Crippen molar-refractivity contribution in [3.05, 3.63) is 82.4 Å². The molecule has 0 radical (unpaired) electrons. The van der Waals surface area contributed by atoms with Gasteiger partial charge in [-0.1, -0.05) is 59.8 Å². The molecular weight excluding hydrogens is 376 g/mol. The summed E-state index contributed by atoms with van der Waals surface area (Å²) in [6, 6.07) is 16.4. The Labute approximate surface area is 179 Å². The first-order valence-corrected chi connectivity index (χ1v) is 10.5. The van der Waals surface area contributed by atoms with Crippen LogP contribution in [0.25, 0.3) is 0 Å². The van der Waals surface area contributed by atoms with Crippen LogP contribution >= 0.6 is 0 Å². The van der Waals surface area contributed by atoms with E-state index in [0.717, 1.165) is 46.5 Å². The molecule has 1 aliphatic rings. The molecule has 30 heavy (non-hydrogen) atoms. The van der Waals surface area contributed by atoms with Gasteiger partial charge in [0.2, 0.25) is 0 Å². The van der Waals surface area contributed by atoms with Crippen molar-refractivity contribution < 1.29 is 14.4 Å². The van der Waals surface area contributed by atoms with Crippen molar-refractivity contribution >= 4 is 11.7 Å². The molecule has 3 rings (SSSR count). The first kappa shape index (κ1) is 21.8. The second-order valence-corrected chi connectivity index (χ2v) is 7.42. The van der Waals surface area contributed by atoms with Crippen molar-refractivity contribution in [2.24, 2.45) is 5.16 Å². The van der Waals surface area contributed by atoms with Gasteiger partial charge in [-0.2, -0.15) is 0 Å². The summed E-state index contributed by atoms with van der Waals surface area (Å²) in [5.74, 6) is -0.220. The van der Waals surface area contributed by atoms with Crippen molar-refractivity contribution in [3.8, 4) is 0 Å². The molecule has 1 aliphatic heterocycles. The zero-order valence-electron chi connectivity index (χ0n) is 18.1. The number of esters is 1.